The summed E-state index contributed by atoms with van der Waals surface area (Å²) in [6, 6.07) is -0.880. The fourth-order valence-corrected chi connectivity index (χ4v) is 3.85. The molecule has 3 heterocycles. The van der Waals surface area contributed by atoms with E-state index >= 15 is 0 Å². The lowest BCUT2D eigenvalue weighted by molar-refractivity contribution is -0.132. The first-order chi connectivity index (χ1) is 12.9. The van der Waals surface area contributed by atoms with Crippen LogP contribution in [0.15, 0.2) is 24.0 Å². The summed E-state index contributed by atoms with van der Waals surface area (Å²) in [6.45, 7) is 4.50. The Kier molecular flexibility index (Phi) is 4.30. The Morgan fingerprint density at radius 1 is 1.44 bits per heavy atom. The number of fused-ring (bicyclic) bond motifs is 2. The number of nitrogens with one attached hydrogen (secondary N) is 2. The second-order valence-corrected chi connectivity index (χ2v) is 7.57. The quantitative estimate of drug-likeness (QED) is 0.808. The number of carbonyl (C=O) groups is 2. The Bertz CT molecular complexity index is 839. The number of H-pyrrole nitrogens is 1. The smallest absolute Gasteiger partial charge is 0.272 e. The highest BCUT2D eigenvalue weighted by Crippen LogP contribution is 2.32. The molecule has 2 atom stereocenters. The summed E-state index contributed by atoms with van der Waals surface area (Å²) >= 11 is 0. The summed E-state index contributed by atoms with van der Waals surface area (Å²) in [4.78, 5) is 27.3. The summed E-state index contributed by atoms with van der Waals surface area (Å²) in [5.74, 6) is 0.207. The Balaban J connectivity index is 1.54. The molecule has 1 saturated heterocycles. The number of ether oxygens (including phenoxy) is 2. The van der Waals surface area contributed by atoms with E-state index in [0.29, 0.717) is 25.1 Å². The molecule has 0 spiro atoms. The molecule has 8 heteroatoms. The number of hydrogen-bond donors (Lipinski definition) is 2. The van der Waals surface area contributed by atoms with E-state index in [1.165, 1.54) is 0 Å². The lowest BCUT2D eigenvalue weighted by Gasteiger charge is -2.29. The van der Waals surface area contributed by atoms with Crippen LogP contribution in [0, 0.1) is 0 Å². The number of aromatic amines is 1. The minimum absolute atomic E-state index is 0.103. The minimum atomic E-state index is -0.755. The lowest BCUT2D eigenvalue weighted by atomic mass is 9.94. The van der Waals surface area contributed by atoms with Gasteiger partial charge in [-0.3, -0.25) is 14.7 Å². The van der Waals surface area contributed by atoms with E-state index in [2.05, 4.69) is 15.5 Å². The molecule has 4 rings (SSSR count). The van der Waals surface area contributed by atoms with Crippen molar-refractivity contribution in [3.8, 4) is 0 Å². The van der Waals surface area contributed by atoms with Gasteiger partial charge in [0.1, 0.15) is 24.0 Å². The van der Waals surface area contributed by atoms with Crippen molar-refractivity contribution in [1.82, 2.24) is 20.4 Å². The number of rotatable bonds is 2. The lowest BCUT2D eigenvalue weighted by Crippen LogP contribution is -2.50. The molecule has 1 aliphatic carbocycles. The highest BCUT2D eigenvalue weighted by molar-refractivity contribution is 5.97. The van der Waals surface area contributed by atoms with Gasteiger partial charge in [0.2, 0.25) is 5.91 Å². The number of hydrogen-bond acceptors (Lipinski definition) is 5. The molecule has 3 aliphatic rings. The molecule has 0 aromatic carbocycles. The molecular weight excluding hydrogens is 348 g/mol. The average Bonchev–Trinajstić information content (AvgIpc) is 3.05. The van der Waals surface area contributed by atoms with Gasteiger partial charge in [0.15, 0.2) is 5.69 Å². The van der Waals surface area contributed by atoms with Crippen LogP contribution >= 0.6 is 0 Å². The second-order valence-electron chi connectivity index (χ2n) is 7.57. The highest BCUT2D eigenvalue weighted by atomic mass is 16.5. The highest BCUT2D eigenvalue weighted by Gasteiger charge is 2.38. The molecular formula is C19H24N4O4. The van der Waals surface area contributed by atoms with E-state index in [-0.39, 0.29) is 24.5 Å². The van der Waals surface area contributed by atoms with E-state index in [1.807, 2.05) is 32.1 Å². The SMILES string of the molecule is CN1C(=O)[C@@H](NC(=O)c2n[nH]c3c2CCOC3(C)C)COC2=CC=CCC21. The summed E-state index contributed by atoms with van der Waals surface area (Å²) < 4.78 is 11.5. The summed E-state index contributed by atoms with van der Waals surface area (Å²) in [7, 11) is 1.74. The zero-order chi connectivity index (χ0) is 19.2. The van der Waals surface area contributed by atoms with Gasteiger partial charge >= 0.3 is 0 Å². The zero-order valence-corrected chi connectivity index (χ0v) is 15.7. The first kappa shape index (κ1) is 17.8. The van der Waals surface area contributed by atoms with Gasteiger partial charge in [-0.15, -0.1) is 0 Å². The van der Waals surface area contributed by atoms with Crippen molar-refractivity contribution in [2.45, 2.75) is 44.4 Å². The van der Waals surface area contributed by atoms with Crippen LogP contribution in [0.3, 0.4) is 0 Å². The standard InChI is InChI=1S/C19H24N4O4/c1-19(2)16-11(8-9-27-19)15(21-22-16)17(24)20-12-10-26-14-7-5-4-6-13(14)23(3)18(12)25/h4-5,7,12-13H,6,8-10H2,1-3H3,(H,20,24)(H,21,22)/t12-,13?/m0/s1. The van der Waals surface area contributed by atoms with Crippen molar-refractivity contribution < 1.29 is 19.1 Å². The van der Waals surface area contributed by atoms with E-state index < -0.39 is 11.6 Å². The minimum Gasteiger partial charge on any atom is -0.493 e. The van der Waals surface area contributed by atoms with Gasteiger partial charge in [-0.2, -0.15) is 5.10 Å². The van der Waals surface area contributed by atoms with Crippen molar-refractivity contribution in [3.05, 3.63) is 40.9 Å². The Morgan fingerprint density at radius 3 is 3.07 bits per heavy atom. The predicted octanol–water partition coefficient (Wildman–Crippen LogP) is 1.02. The maximum absolute atomic E-state index is 12.8. The number of aromatic nitrogens is 2. The molecule has 1 aromatic heterocycles. The molecule has 1 aromatic rings. The summed E-state index contributed by atoms with van der Waals surface area (Å²) in [5.41, 5.74) is 1.45. The molecule has 144 valence electrons. The Hall–Kier alpha value is -2.61. The van der Waals surface area contributed by atoms with Crippen molar-refractivity contribution in [2.75, 3.05) is 20.3 Å². The number of likely N-dealkylation sites (N-methyl/N-ethyl adjacent to an activating group) is 1. The number of nitrogens with zero attached hydrogens (tertiary/aromatic N) is 2. The Labute approximate surface area is 157 Å². The van der Waals surface area contributed by atoms with Gasteiger partial charge in [0.25, 0.3) is 5.91 Å². The van der Waals surface area contributed by atoms with Crippen molar-refractivity contribution in [2.24, 2.45) is 0 Å². The molecule has 27 heavy (non-hydrogen) atoms. The molecule has 0 radical (unpaired) electrons. The van der Waals surface area contributed by atoms with Crippen LogP contribution in [-0.2, 0) is 26.3 Å². The van der Waals surface area contributed by atoms with Gasteiger partial charge in [-0.05, 0) is 26.3 Å². The first-order valence-corrected chi connectivity index (χ1v) is 9.17. The third-order valence-electron chi connectivity index (χ3n) is 5.42. The molecule has 2 N–H and O–H groups in total. The van der Waals surface area contributed by atoms with Crippen LogP contribution in [0.5, 0.6) is 0 Å². The predicted molar refractivity (Wildman–Crippen MR) is 96.9 cm³/mol. The van der Waals surface area contributed by atoms with Crippen LogP contribution in [-0.4, -0.2) is 59.3 Å². The van der Waals surface area contributed by atoms with E-state index in [9.17, 15) is 9.59 Å². The first-order valence-electron chi connectivity index (χ1n) is 9.17. The maximum Gasteiger partial charge on any atom is 0.272 e. The second kappa shape index (κ2) is 6.53. The van der Waals surface area contributed by atoms with Crippen LogP contribution in [0.2, 0.25) is 0 Å². The molecule has 8 nitrogen and oxygen atoms in total. The molecule has 1 unspecified atom stereocenters. The number of amides is 2. The third-order valence-corrected chi connectivity index (χ3v) is 5.42. The maximum atomic E-state index is 12.8. The third kappa shape index (κ3) is 3.03. The zero-order valence-electron chi connectivity index (χ0n) is 15.7. The van der Waals surface area contributed by atoms with Crippen molar-refractivity contribution in [3.63, 3.8) is 0 Å². The number of carbonyl (C=O) groups excluding carboxylic acids is 2. The topological polar surface area (TPSA) is 96.6 Å². The van der Waals surface area contributed by atoms with Crippen LogP contribution in [0.4, 0.5) is 0 Å². The average molecular weight is 372 g/mol. The van der Waals surface area contributed by atoms with Crippen LogP contribution < -0.4 is 5.32 Å². The van der Waals surface area contributed by atoms with E-state index in [1.54, 1.807) is 11.9 Å². The van der Waals surface area contributed by atoms with Crippen molar-refractivity contribution in [1.29, 1.82) is 0 Å². The van der Waals surface area contributed by atoms with Crippen molar-refractivity contribution >= 4 is 11.8 Å². The molecule has 2 aliphatic heterocycles. The van der Waals surface area contributed by atoms with E-state index in [0.717, 1.165) is 17.0 Å². The Morgan fingerprint density at radius 2 is 2.26 bits per heavy atom. The molecule has 1 fully saturated rings. The van der Waals surface area contributed by atoms with Gasteiger partial charge in [0, 0.05) is 19.0 Å². The number of allylic oxidation sites excluding steroid dienone is 2. The molecule has 2 amide bonds. The van der Waals surface area contributed by atoms with Gasteiger partial charge < -0.3 is 19.7 Å². The summed E-state index contributed by atoms with van der Waals surface area (Å²) in [5, 5.41) is 9.92. The van der Waals surface area contributed by atoms with Gasteiger partial charge in [-0.1, -0.05) is 12.2 Å². The molecule has 0 bridgehead atoms. The van der Waals surface area contributed by atoms with Crippen LogP contribution in [0.25, 0.3) is 0 Å². The fraction of sp³-hybridized carbons (Fsp3) is 0.526. The molecule has 0 saturated carbocycles. The normalized spacial score (nSPS) is 26.4. The van der Waals surface area contributed by atoms with E-state index in [4.69, 9.17) is 9.47 Å². The van der Waals surface area contributed by atoms with Gasteiger partial charge in [-0.25, -0.2) is 0 Å². The fourth-order valence-electron chi connectivity index (χ4n) is 3.85. The monoisotopic (exact) mass is 372 g/mol. The summed E-state index contributed by atoms with van der Waals surface area (Å²) in [6.07, 6.45) is 7.10. The van der Waals surface area contributed by atoms with Gasteiger partial charge in [0.05, 0.1) is 18.3 Å². The van der Waals surface area contributed by atoms with Crippen LogP contribution in [0.1, 0.15) is 42.0 Å². The largest absolute Gasteiger partial charge is 0.493 e.